The second-order valence-electron chi connectivity index (χ2n) is 8.72. The van der Waals surface area contributed by atoms with Gasteiger partial charge in [0, 0.05) is 28.9 Å². The van der Waals surface area contributed by atoms with E-state index in [-0.39, 0.29) is 12.1 Å². The average Bonchev–Trinajstić information content (AvgIpc) is 3.56. The molecule has 0 spiro atoms. The van der Waals surface area contributed by atoms with Gasteiger partial charge in [0.15, 0.2) is 0 Å². The third-order valence-corrected chi connectivity index (χ3v) is 6.39. The summed E-state index contributed by atoms with van der Waals surface area (Å²) in [6.45, 7) is 2.02. The Labute approximate surface area is 192 Å². The number of anilines is 1. The fourth-order valence-electron chi connectivity index (χ4n) is 4.39. The number of aliphatic hydroxyl groups is 1. The molecule has 2 aliphatic rings. The van der Waals surface area contributed by atoms with Crippen molar-refractivity contribution in [1.29, 1.82) is 0 Å². The molecule has 2 atom stereocenters. The van der Waals surface area contributed by atoms with Crippen LogP contribution in [0.4, 0.5) is 10.5 Å². The monoisotopic (exact) mass is 448 g/mol. The molecule has 172 valence electrons. The highest BCUT2D eigenvalue weighted by molar-refractivity contribution is 5.92. The fraction of sp³-hybridized carbons (Fsp3) is 0.360. The van der Waals surface area contributed by atoms with E-state index in [1.54, 1.807) is 29.2 Å². The maximum absolute atomic E-state index is 12.6. The number of aliphatic hydroxyl groups excluding tert-OH is 1. The molecule has 1 aliphatic carbocycles. The Kier molecular flexibility index (Phi) is 5.55. The minimum atomic E-state index is -1.04. The quantitative estimate of drug-likeness (QED) is 0.556. The van der Waals surface area contributed by atoms with Crippen molar-refractivity contribution in [3.63, 3.8) is 0 Å². The Morgan fingerprint density at radius 2 is 1.94 bits per heavy atom. The molecule has 33 heavy (non-hydrogen) atoms. The molecule has 3 N–H and O–H groups in total. The van der Waals surface area contributed by atoms with Crippen molar-refractivity contribution in [2.24, 2.45) is 5.73 Å². The fourth-order valence-corrected chi connectivity index (χ4v) is 4.39. The van der Waals surface area contributed by atoms with Crippen molar-refractivity contribution in [3.05, 3.63) is 59.9 Å². The van der Waals surface area contributed by atoms with Gasteiger partial charge < -0.3 is 20.3 Å². The van der Waals surface area contributed by atoms with E-state index in [9.17, 15) is 9.90 Å². The normalized spacial score (nSPS) is 18.5. The van der Waals surface area contributed by atoms with Crippen LogP contribution in [0.1, 0.15) is 49.6 Å². The van der Waals surface area contributed by atoms with Gasteiger partial charge in [0.05, 0.1) is 25.0 Å². The Morgan fingerprint density at radius 3 is 2.61 bits per heavy atom. The zero-order chi connectivity index (χ0) is 23.1. The number of nitrogens with two attached hydrogens (primary N) is 1. The highest BCUT2D eigenvalue weighted by Crippen LogP contribution is 2.45. The molecular formula is C25H28N4O4. The summed E-state index contributed by atoms with van der Waals surface area (Å²) in [4.78, 5) is 14.3. The lowest BCUT2D eigenvalue weighted by Crippen LogP contribution is -2.42. The van der Waals surface area contributed by atoms with Gasteiger partial charge in [-0.15, -0.1) is 0 Å². The van der Waals surface area contributed by atoms with Crippen molar-refractivity contribution in [2.75, 3.05) is 12.0 Å². The first-order valence-electron chi connectivity index (χ1n) is 11.3. The van der Waals surface area contributed by atoms with E-state index in [0.29, 0.717) is 23.1 Å². The largest absolute Gasteiger partial charge is 0.456 e. The molecule has 0 radical (unpaired) electrons. The topological polar surface area (TPSA) is 103 Å². The molecule has 0 saturated heterocycles. The number of benzene rings is 2. The third-order valence-electron chi connectivity index (χ3n) is 6.39. The first kappa shape index (κ1) is 21.5. The number of nitrogens with zero attached hydrogens (tertiary/aromatic N) is 3. The van der Waals surface area contributed by atoms with Gasteiger partial charge in [-0.3, -0.25) is 9.58 Å². The lowest BCUT2D eigenvalue weighted by atomic mass is 9.92. The summed E-state index contributed by atoms with van der Waals surface area (Å²) >= 11 is 0. The van der Waals surface area contributed by atoms with Crippen LogP contribution < -0.4 is 15.4 Å². The first-order valence-corrected chi connectivity index (χ1v) is 11.3. The van der Waals surface area contributed by atoms with Gasteiger partial charge >= 0.3 is 6.09 Å². The number of hydrogen-bond donors (Lipinski definition) is 2. The number of rotatable bonds is 5. The van der Waals surface area contributed by atoms with E-state index in [4.69, 9.17) is 15.2 Å². The van der Waals surface area contributed by atoms with E-state index in [0.717, 1.165) is 48.1 Å². The van der Waals surface area contributed by atoms with Gasteiger partial charge in [0.1, 0.15) is 17.7 Å². The van der Waals surface area contributed by atoms with Crippen LogP contribution in [0.5, 0.6) is 11.5 Å². The number of aromatic nitrogens is 2. The maximum Gasteiger partial charge on any atom is 0.414 e. The number of ether oxygens (including phenoxy) is 2. The Balaban J connectivity index is 1.60. The minimum Gasteiger partial charge on any atom is -0.456 e. The van der Waals surface area contributed by atoms with E-state index in [2.05, 4.69) is 11.3 Å². The zero-order valence-corrected chi connectivity index (χ0v) is 18.8. The molecule has 3 aromatic rings. The Hall–Kier alpha value is -3.36. The highest BCUT2D eigenvalue weighted by atomic mass is 16.5. The van der Waals surface area contributed by atoms with E-state index < -0.39 is 6.23 Å². The molecule has 1 amide bonds. The van der Waals surface area contributed by atoms with Crippen LogP contribution in [0.15, 0.2) is 48.8 Å². The average molecular weight is 449 g/mol. The van der Waals surface area contributed by atoms with Gasteiger partial charge in [0.25, 0.3) is 0 Å². The van der Waals surface area contributed by atoms with Crippen LogP contribution in [0.2, 0.25) is 0 Å². The van der Waals surface area contributed by atoms with Gasteiger partial charge in [-0.2, -0.15) is 5.10 Å². The molecule has 1 aromatic heterocycles. The van der Waals surface area contributed by atoms with E-state index in [1.807, 2.05) is 29.9 Å². The van der Waals surface area contributed by atoms with Crippen LogP contribution in [-0.2, 0) is 11.2 Å². The molecule has 8 heteroatoms. The molecule has 1 aliphatic heterocycles. The van der Waals surface area contributed by atoms with Crippen LogP contribution in [-0.4, -0.2) is 34.1 Å². The Bertz CT molecular complexity index is 1170. The molecule has 1 fully saturated rings. The van der Waals surface area contributed by atoms with E-state index in [1.165, 1.54) is 7.11 Å². The van der Waals surface area contributed by atoms with Crippen LogP contribution >= 0.6 is 0 Å². The molecule has 1 saturated carbocycles. The minimum absolute atomic E-state index is 0.0200. The van der Waals surface area contributed by atoms with Gasteiger partial charge in [0.2, 0.25) is 0 Å². The summed E-state index contributed by atoms with van der Waals surface area (Å²) in [6, 6.07) is 11.5. The summed E-state index contributed by atoms with van der Waals surface area (Å²) in [6.07, 6.45) is 6.37. The van der Waals surface area contributed by atoms with Gasteiger partial charge in [-0.25, -0.2) is 4.79 Å². The lowest BCUT2D eigenvalue weighted by molar-refractivity contribution is 0.175. The molecular weight excluding hydrogens is 420 g/mol. The summed E-state index contributed by atoms with van der Waals surface area (Å²) in [7, 11) is 1.40. The maximum atomic E-state index is 12.6. The third kappa shape index (κ3) is 4.07. The van der Waals surface area contributed by atoms with Crippen molar-refractivity contribution < 1.29 is 19.4 Å². The second kappa shape index (κ2) is 8.53. The number of methoxy groups -OCH3 is 1. The second-order valence-corrected chi connectivity index (χ2v) is 8.72. The van der Waals surface area contributed by atoms with Crippen LogP contribution in [0, 0.1) is 0 Å². The highest BCUT2D eigenvalue weighted by Gasteiger charge is 2.33. The number of carbonyl (C=O) groups excluding carboxylic acids is 1. The Morgan fingerprint density at radius 1 is 1.18 bits per heavy atom. The number of amides is 1. The van der Waals surface area contributed by atoms with Crippen molar-refractivity contribution >= 4 is 11.8 Å². The van der Waals surface area contributed by atoms with E-state index >= 15 is 0 Å². The summed E-state index contributed by atoms with van der Waals surface area (Å²) in [5, 5.41) is 14.2. The first-order chi connectivity index (χ1) is 16.0. The summed E-state index contributed by atoms with van der Waals surface area (Å²) < 4.78 is 13.5. The molecule has 2 heterocycles. The smallest absolute Gasteiger partial charge is 0.414 e. The zero-order valence-electron chi connectivity index (χ0n) is 18.8. The van der Waals surface area contributed by atoms with Crippen LogP contribution in [0.3, 0.4) is 0 Å². The van der Waals surface area contributed by atoms with Gasteiger partial charge in [-0.1, -0.05) is 12.1 Å². The lowest BCUT2D eigenvalue weighted by Gasteiger charge is -2.35. The predicted octanol–water partition coefficient (Wildman–Crippen LogP) is 4.53. The van der Waals surface area contributed by atoms with Crippen LogP contribution in [0.25, 0.3) is 11.1 Å². The molecule has 0 bridgehead atoms. The molecule has 5 rings (SSSR count). The number of fused-ring (bicyclic) bond motifs is 1. The van der Waals surface area contributed by atoms with Crippen molar-refractivity contribution in [2.45, 2.75) is 50.9 Å². The van der Waals surface area contributed by atoms with Crippen molar-refractivity contribution in [3.8, 4) is 22.6 Å². The summed E-state index contributed by atoms with van der Waals surface area (Å²) in [5.41, 5.74) is 9.81. The number of hydrogen-bond acceptors (Lipinski definition) is 6. The van der Waals surface area contributed by atoms with Crippen molar-refractivity contribution in [1.82, 2.24) is 9.78 Å². The SMILES string of the molecule is COC(=O)N1c2ccc(-c3cnn(C4CC4)c3)c(Oc3ccc(C(N)O)cc3)c2CC[C@@H]1C. The molecule has 8 nitrogen and oxygen atoms in total. The molecule has 2 aromatic carbocycles. The number of carbonyl (C=O) groups is 1. The standard InChI is InChI=1S/C25H28N4O4/c1-15-3-10-21-22(29(15)25(31)32-2)12-11-20(17-13-27-28(14-17)18-6-7-18)23(21)33-19-8-4-16(5-9-19)24(26)30/h4-5,8-9,11-15,18,24,30H,3,6-7,10,26H2,1-2H3/t15-,24?/m0/s1. The van der Waals surface area contributed by atoms with Gasteiger partial charge in [-0.05, 0) is 62.4 Å². The summed E-state index contributed by atoms with van der Waals surface area (Å²) in [5.74, 6) is 1.32. The predicted molar refractivity (Wildman–Crippen MR) is 124 cm³/mol. The molecule has 1 unspecified atom stereocenters.